The quantitative estimate of drug-likeness (QED) is 0.715. The summed E-state index contributed by atoms with van der Waals surface area (Å²) in [6.45, 7) is 0. The molecule has 5 heteroatoms. The van der Waals surface area contributed by atoms with Crippen LogP contribution in [0.4, 0.5) is 0 Å². The van der Waals surface area contributed by atoms with Gasteiger partial charge in [-0.15, -0.1) is 0 Å². The Morgan fingerprint density at radius 3 is 2.32 bits per heavy atom. The van der Waals surface area contributed by atoms with Crippen molar-refractivity contribution in [2.75, 3.05) is 0 Å². The maximum absolute atomic E-state index is 12.1. The van der Waals surface area contributed by atoms with E-state index in [2.05, 4.69) is 5.32 Å². The first kappa shape index (κ1) is 14.3. The molecule has 0 aromatic carbocycles. The minimum Gasteiger partial charge on any atom is -0.480 e. The largest absolute Gasteiger partial charge is 0.480 e. The Balaban J connectivity index is 1.92. The molecule has 3 atom stereocenters. The molecule has 0 heterocycles. The van der Waals surface area contributed by atoms with Gasteiger partial charge < -0.3 is 16.2 Å². The Hall–Kier alpha value is -1.10. The molecule has 0 aromatic rings. The van der Waals surface area contributed by atoms with Crippen LogP contribution < -0.4 is 11.1 Å². The Morgan fingerprint density at radius 1 is 1.11 bits per heavy atom. The predicted molar refractivity (Wildman–Crippen MR) is 71.5 cm³/mol. The normalized spacial score (nSPS) is 29.9. The third kappa shape index (κ3) is 3.69. The van der Waals surface area contributed by atoms with E-state index in [0.29, 0.717) is 6.42 Å². The molecule has 0 radical (unpaired) electrons. The first-order valence-electron chi connectivity index (χ1n) is 7.36. The first-order valence-corrected chi connectivity index (χ1v) is 7.36. The number of carbonyl (C=O) groups excluding carboxylic acids is 1. The van der Waals surface area contributed by atoms with Crippen molar-refractivity contribution in [1.82, 2.24) is 5.32 Å². The molecule has 3 unspecified atom stereocenters. The summed E-state index contributed by atoms with van der Waals surface area (Å²) in [5, 5.41) is 12.1. The van der Waals surface area contributed by atoms with Gasteiger partial charge in [-0.2, -0.15) is 0 Å². The molecular weight excluding hydrogens is 244 g/mol. The molecule has 2 aliphatic carbocycles. The zero-order chi connectivity index (χ0) is 13.8. The van der Waals surface area contributed by atoms with Gasteiger partial charge in [0.05, 0.1) is 0 Å². The van der Waals surface area contributed by atoms with Gasteiger partial charge in [0, 0.05) is 12.0 Å². The molecule has 2 saturated carbocycles. The standard InChI is InChI=1S/C14H24N2O3/c15-11-7-6-10(8-11)13(17)16-12(14(18)19)9-4-2-1-3-5-9/h9-12H,1-8,15H2,(H,16,17)(H,18,19). The first-order chi connectivity index (χ1) is 9.08. The molecule has 2 aliphatic rings. The van der Waals surface area contributed by atoms with Gasteiger partial charge in [0.25, 0.3) is 0 Å². The van der Waals surface area contributed by atoms with Crippen molar-refractivity contribution in [2.24, 2.45) is 17.6 Å². The number of hydrogen-bond donors (Lipinski definition) is 3. The number of amides is 1. The van der Waals surface area contributed by atoms with E-state index in [9.17, 15) is 14.7 Å². The lowest BCUT2D eigenvalue weighted by Crippen LogP contribution is -2.48. The molecule has 5 nitrogen and oxygen atoms in total. The molecule has 2 rings (SSSR count). The zero-order valence-electron chi connectivity index (χ0n) is 11.3. The summed E-state index contributed by atoms with van der Waals surface area (Å²) in [5.41, 5.74) is 5.80. The lowest BCUT2D eigenvalue weighted by molar-refractivity contribution is -0.144. The van der Waals surface area contributed by atoms with Gasteiger partial charge in [-0.3, -0.25) is 4.79 Å². The summed E-state index contributed by atoms with van der Waals surface area (Å²) in [5.74, 6) is -1.03. The number of nitrogens with one attached hydrogen (secondary N) is 1. The van der Waals surface area contributed by atoms with Crippen LogP contribution in [0.15, 0.2) is 0 Å². The average Bonchev–Trinajstić information content (AvgIpc) is 2.83. The van der Waals surface area contributed by atoms with E-state index >= 15 is 0 Å². The Labute approximate surface area is 113 Å². The van der Waals surface area contributed by atoms with E-state index in [1.165, 1.54) is 6.42 Å². The van der Waals surface area contributed by atoms with Crippen molar-refractivity contribution in [3.63, 3.8) is 0 Å². The van der Waals surface area contributed by atoms with Crippen LogP contribution in [0.3, 0.4) is 0 Å². The summed E-state index contributed by atoms with van der Waals surface area (Å²) >= 11 is 0. The van der Waals surface area contributed by atoms with Crippen LogP contribution in [0.25, 0.3) is 0 Å². The van der Waals surface area contributed by atoms with E-state index in [4.69, 9.17) is 5.73 Å². The van der Waals surface area contributed by atoms with Crippen LogP contribution in [-0.2, 0) is 9.59 Å². The monoisotopic (exact) mass is 268 g/mol. The second kappa shape index (κ2) is 6.37. The summed E-state index contributed by atoms with van der Waals surface area (Å²) < 4.78 is 0. The van der Waals surface area contributed by atoms with E-state index < -0.39 is 12.0 Å². The highest BCUT2D eigenvalue weighted by atomic mass is 16.4. The number of carboxylic acid groups (broad SMARTS) is 1. The molecule has 2 fully saturated rings. The summed E-state index contributed by atoms with van der Waals surface area (Å²) in [6, 6.07) is -0.627. The molecular formula is C14H24N2O3. The Morgan fingerprint density at radius 2 is 1.79 bits per heavy atom. The van der Waals surface area contributed by atoms with Gasteiger partial charge in [-0.25, -0.2) is 4.79 Å². The average molecular weight is 268 g/mol. The van der Waals surface area contributed by atoms with E-state index in [1.807, 2.05) is 0 Å². The van der Waals surface area contributed by atoms with Gasteiger partial charge in [0.2, 0.25) is 5.91 Å². The maximum atomic E-state index is 12.1. The number of aliphatic carboxylic acids is 1. The van der Waals surface area contributed by atoms with Crippen LogP contribution in [0.5, 0.6) is 0 Å². The fourth-order valence-corrected chi connectivity index (χ4v) is 3.37. The van der Waals surface area contributed by atoms with Crippen LogP contribution in [0.2, 0.25) is 0 Å². The van der Waals surface area contributed by atoms with Crippen molar-refractivity contribution in [1.29, 1.82) is 0 Å². The molecule has 0 saturated heterocycles. The van der Waals surface area contributed by atoms with Crippen LogP contribution >= 0.6 is 0 Å². The van der Waals surface area contributed by atoms with Gasteiger partial charge >= 0.3 is 5.97 Å². The fourth-order valence-electron chi connectivity index (χ4n) is 3.37. The Kier molecular flexibility index (Phi) is 4.80. The van der Waals surface area contributed by atoms with E-state index in [0.717, 1.165) is 38.5 Å². The minimum atomic E-state index is -0.900. The summed E-state index contributed by atoms with van der Waals surface area (Å²) in [7, 11) is 0. The molecule has 0 aliphatic heterocycles. The highest BCUT2D eigenvalue weighted by Gasteiger charge is 2.34. The van der Waals surface area contributed by atoms with E-state index in [-0.39, 0.29) is 23.8 Å². The predicted octanol–water partition coefficient (Wildman–Crippen LogP) is 1.26. The van der Waals surface area contributed by atoms with E-state index in [1.54, 1.807) is 0 Å². The minimum absolute atomic E-state index is 0.0882. The summed E-state index contributed by atoms with van der Waals surface area (Å²) in [6.07, 6.45) is 7.44. The van der Waals surface area contributed by atoms with Gasteiger partial charge in [-0.1, -0.05) is 19.3 Å². The smallest absolute Gasteiger partial charge is 0.326 e. The van der Waals surface area contributed by atoms with Crippen molar-refractivity contribution in [3.05, 3.63) is 0 Å². The summed E-state index contributed by atoms with van der Waals surface area (Å²) in [4.78, 5) is 23.5. The Bertz CT molecular complexity index is 340. The highest BCUT2D eigenvalue weighted by molar-refractivity contribution is 5.85. The zero-order valence-corrected chi connectivity index (χ0v) is 11.3. The highest BCUT2D eigenvalue weighted by Crippen LogP contribution is 2.28. The topological polar surface area (TPSA) is 92.4 Å². The van der Waals surface area contributed by atoms with Gasteiger partial charge in [-0.05, 0) is 38.0 Å². The van der Waals surface area contributed by atoms with Gasteiger partial charge in [0.1, 0.15) is 6.04 Å². The second-order valence-electron chi connectivity index (χ2n) is 5.99. The molecule has 0 spiro atoms. The number of carboxylic acids is 1. The lowest BCUT2D eigenvalue weighted by Gasteiger charge is -2.28. The van der Waals surface area contributed by atoms with Crippen LogP contribution in [-0.4, -0.2) is 29.1 Å². The number of hydrogen-bond acceptors (Lipinski definition) is 3. The molecule has 4 N–H and O–H groups in total. The number of rotatable bonds is 4. The second-order valence-corrected chi connectivity index (χ2v) is 5.99. The van der Waals surface area contributed by atoms with Crippen molar-refractivity contribution in [2.45, 2.75) is 63.5 Å². The van der Waals surface area contributed by atoms with Gasteiger partial charge in [0.15, 0.2) is 0 Å². The lowest BCUT2D eigenvalue weighted by atomic mass is 9.83. The van der Waals surface area contributed by atoms with Crippen molar-refractivity contribution >= 4 is 11.9 Å². The molecule has 19 heavy (non-hydrogen) atoms. The fraction of sp³-hybridized carbons (Fsp3) is 0.857. The van der Waals surface area contributed by atoms with Crippen molar-refractivity contribution < 1.29 is 14.7 Å². The molecule has 1 amide bonds. The van der Waals surface area contributed by atoms with Crippen molar-refractivity contribution in [3.8, 4) is 0 Å². The molecule has 0 bridgehead atoms. The number of nitrogens with two attached hydrogens (primary N) is 1. The maximum Gasteiger partial charge on any atom is 0.326 e. The molecule has 0 aromatic heterocycles. The SMILES string of the molecule is NC1CCC(C(=O)NC(C(=O)O)C2CCCCC2)C1. The van der Waals surface area contributed by atoms with Crippen LogP contribution in [0.1, 0.15) is 51.4 Å². The number of carbonyl (C=O) groups is 2. The third-order valence-electron chi connectivity index (χ3n) is 4.53. The molecule has 108 valence electrons. The van der Waals surface area contributed by atoms with Crippen LogP contribution in [0, 0.1) is 11.8 Å². The third-order valence-corrected chi connectivity index (χ3v) is 4.53.